The van der Waals surface area contributed by atoms with Crippen LogP contribution in [0, 0.1) is 0 Å². The number of thioether (sulfide) groups is 1. The van der Waals surface area contributed by atoms with E-state index in [1.54, 1.807) is 23.7 Å². The van der Waals surface area contributed by atoms with Gasteiger partial charge in [0.15, 0.2) is 0 Å². The van der Waals surface area contributed by atoms with Crippen LogP contribution in [0.1, 0.15) is 31.7 Å². The van der Waals surface area contributed by atoms with Gasteiger partial charge in [-0.25, -0.2) is 0 Å². The molecule has 0 spiro atoms. The normalized spacial score (nSPS) is 11.9. The molecule has 2 amide bonds. The van der Waals surface area contributed by atoms with Crippen LogP contribution in [0.15, 0.2) is 53.4 Å². The first-order chi connectivity index (χ1) is 13.4. The number of nitrogens with zero attached hydrogens (tertiary/aromatic N) is 1. The number of anilines is 2. The summed E-state index contributed by atoms with van der Waals surface area (Å²) >= 11 is 1.58. The van der Waals surface area contributed by atoms with E-state index in [2.05, 4.69) is 24.5 Å². The van der Waals surface area contributed by atoms with Crippen molar-refractivity contribution in [1.82, 2.24) is 4.90 Å². The third-order valence-electron chi connectivity index (χ3n) is 4.59. The summed E-state index contributed by atoms with van der Waals surface area (Å²) in [7, 11) is 1.76. The number of likely N-dealkylation sites (N-methyl/N-ethyl adjacent to an activating group) is 1. The molecule has 2 N–H and O–H groups in total. The topological polar surface area (TPSA) is 61.4 Å². The number of hydrogen-bond donors (Lipinski definition) is 2. The van der Waals surface area contributed by atoms with Crippen LogP contribution in [-0.2, 0) is 9.59 Å². The van der Waals surface area contributed by atoms with Crippen molar-refractivity contribution in [2.75, 3.05) is 37.0 Å². The highest BCUT2D eigenvalue weighted by Gasteiger charge is 2.14. The van der Waals surface area contributed by atoms with E-state index >= 15 is 0 Å². The fraction of sp³-hybridized carbons (Fsp3) is 0.364. The average Bonchev–Trinajstić information content (AvgIpc) is 2.67. The van der Waals surface area contributed by atoms with Crippen molar-refractivity contribution in [3.8, 4) is 0 Å². The van der Waals surface area contributed by atoms with Gasteiger partial charge in [-0.3, -0.25) is 14.5 Å². The molecule has 0 aliphatic rings. The molecule has 0 fully saturated rings. The Morgan fingerprint density at radius 1 is 0.964 bits per heavy atom. The van der Waals surface area contributed by atoms with E-state index in [0.717, 1.165) is 28.3 Å². The minimum absolute atomic E-state index is 0.129. The van der Waals surface area contributed by atoms with Gasteiger partial charge in [0.25, 0.3) is 0 Å². The summed E-state index contributed by atoms with van der Waals surface area (Å²) in [5.74, 6) is 0.101. The zero-order chi connectivity index (χ0) is 20.5. The molecule has 0 saturated heterocycles. The molecule has 0 radical (unpaired) electrons. The molecule has 5 nitrogen and oxygen atoms in total. The Hall–Kier alpha value is -2.31. The van der Waals surface area contributed by atoms with Crippen molar-refractivity contribution in [2.24, 2.45) is 0 Å². The molecule has 150 valence electrons. The number of benzene rings is 2. The number of nitrogens with one attached hydrogen (secondary N) is 2. The fourth-order valence-electron chi connectivity index (χ4n) is 2.93. The SMILES string of the molecule is CC[C@@H](C)c1ccccc1NC(=O)CN(C)CC(=O)Nc1ccccc1SC. The van der Waals surface area contributed by atoms with Gasteiger partial charge in [0, 0.05) is 10.6 Å². The molecule has 2 aromatic carbocycles. The molecule has 2 aromatic rings. The van der Waals surface area contributed by atoms with Gasteiger partial charge in [-0.05, 0) is 49.4 Å². The van der Waals surface area contributed by atoms with Crippen LogP contribution in [0.25, 0.3) is 0 Å². The number of rotatable bonds is 9. The average molecular weight is 400 g/mol. The number of amides is 2. The van der Waals surface area contributed by atoms with Crippen LogP contribution < -0.4 is 10.6 Å². The Bertz CT molecular complexity index is 810. The minimum Gasteiger partial charge on any atom is -0.325 e. The Kier molecular flexibility index (Phi) is 8.54. The molecule has 6 heteroatoms. The van der Waals surface area contributed by atoms with Gasteiger partial charge in [0.05, 0.1) is 18.8 Å². The fourth-order valence-corrected chi connectivity index (χ4v) is 3.49. The quantitative estimate of drug-likeness (QED) is 0.612. The molecule has 0 saturated carbocycles. The van der Waals surface area contributed by atoms with E-state index in [1.807, 2.05) is 54.8 Å². The maximum Gasteiger partial charge on any atom is 0.238 e. The van der Waals surface area contributed by atoms with E-state index in [0.29, 0.717) is 5.92 Å². The molecule has 0 aromatic heterocycles. The molecule has 0 bridgehead atoms. The first kappa shape index (κ1) is 22.0. The first-order valence-electron chi connectivity index (χ1n) is 9.44. The number of hydrogen-bond acceptors (Lipinski definition) is 4. The highest BCUT2D eigenvalue weighted by molar-refractivity contribution is 7.98. The van der Waals surface area contributed by atoms with E-state index in [4.69, 9.17) is 0 Å². The van der Waals surface area contributed by atoms with Crippen molar-refractivity contribution in [3.05, 3.63) is 54.1 Å². The Morgan fingerprint density at radius 3 is 2.11 bits per heavy atom. The second-order valence-corrected chi connectivity index (χ2v) is 7.71. The van der Waals surface area contributed by atoms with E-state index in [9.17, 15) is 9.59 Å². The molecule has 28 heavy (non-hydrogen) atoms. The van der Waals surface area contributed by atoms with Crippen molar-refractivity contribution in [1.29, 1.82) is 0 Å². The summed E-state index contributed by atoms with van der Waals surface area (Å²) in [5, 5.41) is 5.90. The lowest BCUT2D eigenvalue weighted by Gasteiger charge is -2.19. The Balaban J connectivity index is 1.90. The second kappa shape index (κ2) is 10.9. The molecular weight excluding hydrogens is 370 g/mol. The van der Waals surface area contributed by atoms with Crippen LogP contribution in [-0.4, -0.2) is 43.1 Å². The smallest absolute Gasteiger partial charge is 0.238 e. The van der Waals surface area contributed by atoms with Crippen molar-refractivity contribution in [2.45, 2.75) is 31.1 Å². The minimum atomic E-state index is -0.142. The predicted molar refractivity (Wildman–Crippen MR) is 118 cm³/mol. The van der Waals surface area contributed by atoms with Gasteiger partial charge in [-0.2, -0.15) is 0 Å². The molecule has 0 heterocycles. The lowest BCUT2D eigenvalue weighted by atomic mass is 9.97. The molecular formula is C22H29N3O2S. The molecule has 2 rings (SSSR count). The van der Waals surface area contributed by atoms with Gasteiger partial charge in [-0.15, -0.1) is 11.8 Å². The van der Waals surface area contributed by atoms with Gasteiger partial charge in [-0.1, -0.05) is 44.2 Å². The van der Waals surface area contributed by atoms with Crippen LogP contribution in [0.3, 0.4) is 0 Å². The Labute approximate surface area is 171 Å². The third kappa shape index (κ3) is 6.39. The number of carbonyl (C=O) groups is 2. The first-order valence-corrected chi connectivity index (χ1v) is 10.7. The zero-order valence-electron chi connectivity index (χ0n) is 17.0. The van der Waals surface area contributed by atoms with E-state index in [1.165, 1.54) is 0 Å². The van der Waals surface area contributed by atoms with Gasteiger partial charge in [0.2, 0.25) is 11.8 Å². The number of para-hydroxylation sites is 2. The summed E-state index contributed by atoms with van der Waals surface area (Å²) in [6, 6.07) is 15.5. The summed E-state index contributed by atoms with van der Waals surface area (Å²) in [6.45, 7) is 4.56. The summed E-state index contributed by atoms with van der Waals surface area (Å²) in [5.41, 5.74) is 2.77. The van der Waals surface area contributed by atoms with Crippen LogP contribution in [0.2, 0.25) is 0 Å². The van der Waals surface area contributed by atoms with Gasteiger partial charge >= 0.3 is 0 Å². The van der Waals surface area contributed by atoms with Crippen molar-refractivity contribution < 1.29 is 9.59 Å². The van der Waals surface area contributed by atoms with Gasteiger partial charge < -0.3 is 10.6 Å². The predicted octanol–water partition coefficient (Wildman–Crippen LogP) is 4.43. The highest BCUT2D eigenvalue weighted by Crippen LogP contribution is 2.26. The van der Waals surface area contributed by atoms with Crippen molar-refractivity contribution in [3.63, 3.8) is 0 Å². The Morgan fingerprint density at radius 2 is 1.50 bits per heavy atom. The maximum atomic E-state index is 12.4. The summed E-state index contributed by atoms with van der Waals surface area (Å²) in [4.78, 5) is 27.5. The highest BCUT2D eigenvalue weighted by atomic mass is 32.2. The molecule has 0 aliphatic heterocycles. The van der Waals surface area contributed by atoms with Crippen molar-refractivity contribution >= 4 is 35.0 Å². The monoisotopic (exact) mass is 399 g/mol. The summed E-state index contributed by atoms with van der Waals surface area (Å²) in [6.07, 6.45) is 2.98. The largest absolute Gasteiger partial charge is 0.325 e. The molecule has 1 atom stereocenters. The standard InChI is InChI=1S/C22H29N3O2S/c1-5-16(2)17-10-6-7-11-18(17)23-21(26)14-25(3)15-22(27)24-19-12-8-9-13-20(19)28-4/h6-13,16H,5,14-15H2,1-4H3,(H,23,26)(H,24,27)/t16-/m1/s1. The lowest BCUT2D eigenvalue weighted by molar-refractivity contribution is -0.119. The van der Waals surface area contributed by atoms with E-state index < -0.39 is 0 Å². The zero-order valence-corrected chi connectivity index (χ0v) is 17.8. The summed E-state index contributed by atoms with van der Waals surface area (Å²) < 4.78 is 0. The maximum absolute atomic E-state index is 12.4. The third-order valence-corrected chi connectivity index (χ3v) is 5.38. The number of carbonyl (C=O) groups excluding carboxylic acids is 2. The van der Waals surface area contributed by atoms with Gasteiger partial charge in [0.1, 0.15) is 0 Å². The second-order valence-electron chi connectivity index (χ2n) is 6.87. The molecule has 0 unspecified atom stereocenters. The van der Waals surface area contributed by atoms with Crippen LogP contribution in [0.5, 0.6) is 0 Å². The van der Waals surface area contributed by atoms with Crippen LogP contribution >= 0.6 is 11.8 Å². The van der Waals surface area contributed by atoms with Crippen LogP contribution in [0.4, 0.5) is 11.4 Å². The lowest BCUT2D eigenvalue weighted by Crippen LogP contribution is -2.36. The van der Waals surface area contributed by atoms with E-state index in [-0.39, 0.29) is 24.9 Å². The molecule has 0 aliphatic carbocycles.